The summed E-state index contributed by atoms with van der Waals surface area (Å²) in [6.45, 7) is 2.66. The normalized spacial score (nSPS) is 13.1. The average Bonchev–Trinajstić information content (AvgIpc) is 3.25. The highest BCUT2D eigenvalue weighted by atomic mass is 32.2. The maximum atomic E-state index is 13.3. The third-order valence-electron chi connectivity index (χ3n) is 5.79. The second-order valence-electron chi connectivity index (χ2n) is 7.99. The SMILES string of the molecule is CSc1ccc(CNC(Cc2c[nH]c3ccccc23)C(=O)NC(C)c2ccccc2)cc1. The van der Waals surface area contributed by atoms with Gasteiger partial charge in [0.25, 0.3) is 0 Å². The van der Waals surface area contributed by atoms with Crippen LogP contribution in [-0.4, -0.2) is 23.2 Å². The van der Waals surface area contributed by atoms with Crippen LogP contribution in [0.5, 0.6) is 0 Å². The molecule has 3 aromatic carbocycles. The summed E-state index contributed by atoms with van der Waals surface area (Å²) in [6.07, 6.45) is 4.70. The Bertz CT molecular complexity index is 1150. The third-order valence-corrected chi connectivity index (χ3v) is 6.53. The minimum Gasteiger partial charge on any atom is -0.361 e. The molecule has 164 valence electrons. The van der Waals surface area contributed by atoms with E-state index in [-0.39, 0.29) is 18.0 Å². The van der Waals surface area contributed by atoms with Gasteiger partial charge in [-0.25, -0.2) is 0 Å². The van der Waals surface area contributed by atoms with Crippen LogP contribution in [0.25, 0.3) is 10.9 Å². The van der Waals surface area contributed by atoms with Crippen molar-refractivity contribution in [2.24, 2.45) is 0 Å². The van der Waals surface area contributed by atoms with Crippen molar-refractivity contribution in [3.05, 3.63) is 102 Å². The molecular weight excluding hydrogens is 414 g/mol. The number of aromatic amines is 1. The van der Waals surface area contributed by atoms with E-state index in [2.05, 4.69) is 58.3 Å². The number of carbonyl (C=O) groups excluding carboxylic acids is 1. The molecule has 1 amide bonds. The number of H-pyrrole nitrogens is 1. The molecule has 0 fully saturated rings. The van der Waals surface area contributed by atoms with E-state index < -0.39 is 0 Å². The summed E-state index contributed by atoms with van der Waals surface area (Å²) in [5.41, 5.74) is 4.49. The predicted molar refractivity (Wildman–Crippen MR) is 134 cm³/mol. The Balaban J connectivity index is 1.51. The maximum absolute atomic E-state index is 13.3. The fraction of sp³-hybridized carbons (Fsp3) is 0.222. The van der Waals surface area contributed by atoms with Crippen molar-refractivity contribution in [1.29, 1.82) is 0 Å². The number of amides is 1. The number of thioether (sulfide) groups is 1. The molecular formula is C27H29N3OS. The van der Waals surface area contributed by atoms with Gasteiger partial charge >= 0.3 is 0 Å². The summed E-state index contributed by atoms with van der Waals surface area (Å²) in [4.78, 5) is 17.9. The summed E-state index contributed by atoms with van der Waals surface area (Å²) >= 11 is 1.73. The molecule has 5 heteroatoms. The number of fused-ring (bicyclic) bond motifs is 1. The second-order valence-corrected chi connectivity index (χ2v) is 8.87. The van der Waals surface area contributed by atoms with E-state index in [0.717, 1.165) is 27.6 Å². The fourth-order valence-electron chi connectivity index (χ4n) is 3.90. The minimum absolute atomic E-state index is 0.00682. The van der Waals surface area contributed by atoms with E-state index in [1.54, 1.807) is 11.8 Å². The van der Waals surface area contributed by atoms with E-state index in [4.69, 9.17) is 0 Å². The highest BCUT2D eigenvalue weighted by Gasteiger charge is 2.22. The standard InChI is InChI=1S/C27H29N3OS/c1-19(21-8-4-3-5-9-21)30-27(31)26(28-17-20-12-14-23(32-2)15-13-20)16-22-18-29-25-11-7-6-10-24(22)25/h3-15,18-19,26,28-29H,16-17H2,1-2H3,(H,30,31). The molecule has 1 heterocycles. The molecule has 0 aliphatic carbocycles. The Labute approximate surface area is 193 Å². The number of benzene rings is 3. The molecule has 2 unspecified atom stereocenters. The van der Waals surface area contributed by atoms with Crippen LogP contribution in [0.15, 0.2) is 90.0 Å². The largest absolute Gasteiger partial charge is 0.361 e. The van der Waals surface area contributed by atoms with Crippen molar-refractivity contribution >= 4 is 28.6 Å². The molecule has 4 rings (SSSR count). The second kappa shape index (κ2) is 10.5. The Morgan fingerprint density at radius 1 is 0.969 bits per heavy atom. The molecule has 0 saturated heterocycles. The van der Waals surface area contributed by atoms with Crippen LogP contribution in [0, 0.1) is 0 Å². The molecule has 0 bridgehead atoms. The molecule has 0 radical (unpaired) electrons. The topological polar surface area (TPSA) is 56.9 Å². The maximum Gasteiger partial charge on any atom is 0.237 e. The zero-order chi connectivity index (χ0) is 22.3. The van der Waals surface area contributed by atoms with Crippen LogP contribution in [0.4, 0.5) is 0 Å². The lowest BCUT2D eigenvalue weighted by molar-refractivity contribution is -0.123. The molecule has 2 atom stereocenters. The van der Waals surface area contributed by atoms with Crippen LogP contribution in [0.1, 0.15) is 29.7 Å². The lowest BCUT2D eigenvalue weighted by atomic mass is 10.0. The first kappa shape index (κ1) is 22.2. The summed E-state index contributed by atoms with van der Waals surface area (Å²) in [7, 11) is 0. The van der Waals surface area contributed by atoms with Gasteiger partial charge in [0.15, 0.2) is 0 Å². The fourth-order valence-corrected chi connectivity index (χ4v) is 4.31. The number of para-hydroxylation sites is 1. The smallest absolute Gasteiger partial charge is 0.237 e. The highest BCUT2D eigenvalue weighted by Crippen LogP contribution is 2.20. The van der Waals surface area contributed by atoms with E-state index in [1.807, 2.05) is 55.6 Å². The summed E-state index contributed by atoms with van der Waals surface area (Å²) in [5, 5.41) is 7.86. The number of hydrogen-bond acceptors (Lipinski definition) is 3. The molecule has 1 aromatic heterocycles. The first-order valence-corrected chi connectivity index (χ1v) is 12.1. The Morgan fingerprint density at radius 3 is 2.44 bits per heavy atom. The molecule has 0 aliphatic rings. The zero-order valence-electron chi connectivity index (χ0n) is 18.5. The van der Waals surface area contributed by atoms with Gasteiger partial charge in [-0.05, 0) is 54.5 Å². The number of nitrogens with one attached hydrogen (secondary N) is 3. The Hall–Kier alpha value is -3.02. The number of aromatic nitrogens is 1. The van der Waals surface area contributed by atoms with Gasteiger partial charge in [0, 0.05) is 28.5 Å². The van der Waals surface area contributed by atoms with Crippen molar-refractivity contribution < 1.29 is 4.79 Å². The monoisotopic (exact) mass is 443 g/mol. The molecule has 0 aliphatic heterocycles. The van der Waals surface area contributed by atoms with E-state index in [0.29, 0.717) is 13.0 Å². The number of carbonyl (C=O) groups is 1. The lowest BCUT2D eigenvalue weighted by Gasteiger charge is -2.22. The molecule has 3 N–H and O–H groups in total. The van der Waals surface area contributed by atoms with Gasteiger partial charge < -0.3 is 15.6 Å². The molecule has 0 spiro atoms. The Morgan fingerprint density at radius 2 is 1.69 bits per heavy atom. The quantitative estimate of drug-likeness (QED) is 0.301. The van der Waals surface area contributed by atoms with E-state index in [9.17, 15) is 4.79 Å². The van der Waals surface area contributed by atoms with Gasteiger partial charge in [-0.3, -0.25) is 4.79 Å². The number of rotatable bonds is 9. The minimum atomic E-state index is -0.347. The van der Waals surface area contributed by atoms with Gasteiger partial charge in [0.1, 0.15) is 0 Å². The molecule has 4 aromatic rings. The zero-order valence-corrected chi connectivity index (χ0v) is 19.3. The molecule has 4 nitrogen and oxygen atoms in total. The van der Waals surface area contributed by atoms with Gasteiger partial charge in [0.2, 0.25) is 5.91 Å². The summed E-state index contributed by atoms with van der Waals surface area (Å²) < 4.78 is 0. The van der Waals surface area contributed by atoms with Crippen molar-refractivity contribution in [3.63, 3.8) is 0 Å². The van der Waals surface area contributed by atoms with Crippen LogP contribution < -0.4 is 10.6 Å². The van der Waals surface area contributed by atoms with Crippen LogP contribution in [-0.2, 0) is 17.8 Å². The van der Waals surface area contributed by atoms with Crippen LogP contribution in [0.2, 0.25) is 0 Å². The summed E-state index contributed by atoms with van der Waals surface area (Å²) in [5.74, 6) is 0.00682. The van der Waals surface area contributed by atoms with Crippen molar-refractivity contribution in [3.8, 4) is 0 Å². The van der Waals surface area contributed by atoms with Gasteiger partial charge in [0.05, 0.1) is 12.1 Å². The van der Waals surface area contributed by atoms with E-state index in [1.165, 1.54) is 4.90 Å². The highest BCUT2D eigenvalue weighted by molar-refractivity contribution is 7.98. The Kier molecular flexibility index (Phi) is 7.30. The van der Waals surface area contributed by atoms with Crippen molar-refractivity contribution in [1.82, 2.24) is 15.6 Å². The molecule has 0 saturated carbocycles. The lowest BCUT2D eigenvalue weighted by Crippen LogP contribution is -2.46. The summed E-state index contributed by atoms with van der Waals surface area (Å²) in [6, 6.07) is 26.4. The third kappa shape index (κ3) is 5.42. The van der Waals surface area contributed by atoms with Crippen LogP contribution >= 0.6 is 11.8 Å². The van der Waals surface area contributed by atoms with Gasteiger partial charge in [-0.2, -0.15) is 0 Å². The van der Waals surface area contributed by atoms with Gasteiger partial charge in [-0.1, -0.05) is 60.7 Å². The van der Waals surface area contributed by atoms with E-state index >= 15 is 0 Å². The number of hydrogen-bond donors (Lipinski definition) is 3. The van der Waals surface area contributed by atoms with Gasteiger partial charge in [-0.15, -0.1) is 11.8 Å². The first-order chi connectivity index (χ1) is 15.6. The van der Waals surface area contributed by atoms with Crippen molar-refractivity contribution in [2.45, 2.75) is 36.9 Å². The average molecular weight is 444 g/mol. The predicted octanol–water partition coefficient (Wildman–Crippen LogP) is 5.47. The molecule has 32 heavy (non-hydrogen) atoms. The van der Waals surface area contributed by atoms with Crippen LogP contribution in [0.3, 0.4) is 0 Å². The van der Waals surface area contributed by atoms with Crippen molar-refractivity contribution in [2.75, 3.05) is 6.26 Å². The first-order valence-electron chi connectivity index (χ1n) is 10.9.